The quantitative estimate of drug-likeness (QED) is 0.877. The third-order valence-corrected chi connectivity index (χ3v) is 3.49. The Bertz CT molecular complexity index is 476. The maximum atomic E-state index is 4.03. The molecule has 1 aromatic heterocycles. The molecule has 1 heterocycles. The Morgan fingerprint density at radius 2 is 2.24 bits per heavy atom. The first-order chi connectivity index (χ1) is 7.92. The molecule has 0 amide bonds. The van der Waals surface area contributed by atoms with Crippen molar-refractivity contribution in [3.05, 3.63) is 30.0 Å². The lowest BCUT2D eigenvalue weighted by Gasteiger charge is -2.25. The van der Waals surface area contributed by atoms with E-state index in [0.717, 1.165) is 18.0 Å². The van der Waals surface area contributed by atoms with Gasteiger partial charge in [0, 0.05) is 11.9 Å². The number of rotatable bonds is 4. The summed E-state index contributed by atoms with van der Waals surface area (Å²) in [7, 11) is 0. The van der Waals surface area contributed by atoms with Crippen molar-refractivity contribution in [2.24, 2.45) is 5.92 Å². The Labute approximate surface area is 107 Å². The van der Waals surface area contributed by atoms with Gasteiger partial charge in [0.15, 0.2) is 0 Å². The molecule has 0 spiro atoms. The highest BCUT2D eigenvalue weighted by molar-refractivity contribution is 5.85. The van der Waals surface area contributed by atoms with E-state index >= 15 is 0 Å². The van der Waals surface area contributed by atoms with Gasteiger partial charge in [-0.05, 0) is 36.9 Å². The molecule has 3 nitrogen and oxygen atoms in total. The smallest absolute Gasteiger partial charge is 0.0653 e. The number of halogens is 1. The molecule has 2 N–H and O–H groups in total. The van der Waals surface area contributed by atoms with E-state index < -0.39 is 0 Å². The fraction of sp³-hybridized carbons (Fsp3) is 0.462. The molecule has 0 aliphatic heterocycles. The lowest BCUT2D eigenvalue weighted by atomic mass is 9.85. The minimum Gasteiger partial charge on any atom is -0.312 e. The topological polar surface area (TPSA) is 40.7 Å². The Hall–Kier alpha value is -1.06. The fourth-order valence-electron chi connectivity index (χ4n) is 2.21. The predicted octanol–water partition coefficient (Wildman–Crippen LogP) is 2.87. The number of nitrogens with zero attached hydrogens (tertiary/aromatic N) is 1. The van der Waals surface area contributed by atoms with Crippen LogP contribution < -0.4 is 5.32 Å². The summed E-state index contributed by atoms with van der Waals surface area (Å²) in [6.07, 6.45) is 6.10. The zero-order chi connectivity index (χ0) is 10.8. The van der Waals surface area contributed by atoms with Crippen LogP contribution in [0.1, 0.15) is 24.8 Å². The van der Waals surface area contributed by atoms with E-state index in [4.69, 9.17) is 0 Å². The van der Waals surface area contributed by atoms with Crippen LogP contribution in [0.25, 0.3) is 10.9 Å². The third kappa shape index (κ3) is 2.79. The van der Waals surface area contributed by atoms with E-state index in [2.05, 4.69) is 33.7 Å². The van der Waals surface area contributed by atoms with Crippen molar-refractivity contribution in [3.63, 3.8) is 0 Å². The molecule has 0 saturated heterocycles. The van der Waals surface area contributed by atoms with Crippen molar-refractivity contribution in [2.75, 3.05) is 6.54 Å². The summed E-state index contributed by atoms with van der Waals surface area (Å²) in [6.45, 7) is 2.13. The summed E-state index contributed by atoms with van der Waals surface area (Å²) >= 11 is 0. The Morgan fingerprint density at radius 1 is 1.35 bits per heavy atom. The van der Waals surface area contributed by atoms with Gasteiger partial charge in [0.05, 0.1) is 11.7 Å². The van der Waals surface area contributed by atoms with E-state index in [9.17, 15) is 0 Å². The minimum atomic E-state index is 0. The highest BCUT2D eigenvalue weighted by Gasteiger charge is 2.16. The molecule has 4 heteroatoms. The highest BCUT2D eigenvalue weighted by Crippen LogP contribution is 2.25. The molecule has 0 bridgehead atoms. The molecule has 0 unspecified atom stereocenters. The average molecular weight is 252 g/mol. The molecule has 1 aliphatic rings. The summed E-state index contributed by atoms with van der Waals surface area (Å²) in [5.41, 5.74) is 2.46. The number of fused-ring (bicyclic) bond motifs is 1. The number of aromatic amines is 1. The monoisotopic (exact) mass is 251 g/mol. The van der Waals surface area contributed by atoms with Crippen molar-refractivity contribution < 1.29 is 0 Å². The van der Waals surface area contributed by atoms with Crippen LogP contribution in [0.2, 0.25) is 0 Å². The first-order valence-corrected chi connectivity index (χ1v) is 6.04. The summed E-state index contributed by atoms with van der Waals surface area (Å²) in [5, 5.41) is 11.7. The van der Waals surface area contributed by atoms with Crippen LogP contribution in [0.3, 0.4) is 0 Å². The van der Waals surface area contributed by atoms with Gasteiger partial charge < -0.3 is 5.32 Å². The van der Waals surface area contributed by atoms with E-state index in [-0.39, 0.29) is 12.4 Å². The third-order valence-electron chi connectivity index (χ3n) is 3.49. The Morgan fingerprint density at radius 3 is 3.00 bits per heavy atom. The van der Waals surface area contributed by atoms with Crippen LogP contribution in [0.4, 0.5) is 0 Å². The SMILES string of the molecule is Cl.c1cc2cn[nH]c2cc1CNCC1CCC1. The van der Waals surface area contributed by atoms with Gasteiger partial charge in [0.2, 0.25) is 0 Å². The number of hydrogen-bond acceptors (Lipinski definition) is 2. The summed E-state index contributed by atoms with van der Waals surface area (Å²) in [6, 6.07) is 6.47. The number of hydrogen-bond donors (Lipinski definition) is 2. The van der Waals surface area contributed by atoms with Gasteiger partial charge in [0.25, 0.3) is 0 Å². The molecule has 2 aromatic rings. The van der Waals surface area contributed by atoms with Crippen molar-refractivity contribution in [3.8, 4) is 0 Å². The van der Waals surface area contributed by atoms with Crippen molar-refractivity contribution in [2.45, 2.75) is 25.8 Å². The van der Waals surface area contributed by atoms with Crippen molar-refractivity contribution in [1.82, 2.24) is 15.5 Å². The minimum absolute atomic E-state index is 0. The Kier molecular flexibility index (Phi) is 4.02. The molecule has 1 saturated carbocycles. The maximum absolute atomic E-state index is 4.03. The van der Waals surface area contributed by atoms with E-state index in [1.54, 1.807) is 0 Å². The fourth-order valence-corrected chi connectivity index (χ4v) is 2.21. The van der Waals surface area contributed by atoms with Gasteiger partial charge >= 0.3 is 0 Å². The molecule has 3 rings (SSSR count). The largest absolute Gasteiger partial charge is 0.312 e. The molecule has 0 atom stereocenters. The lowest BCUT2D eigenvalue weighted by Crippen LogP contribution is -2.26. The number of nitrogens with one attached hydrogen (secondary N) is 2. The number of H-pyrrole nitrogens is 1. The second-order valence-electron chi connectivity index (χ2n) is 4.72. The van der Waals surface area contributed by atoms with Crippen LogP contribution >= 0.6 is 12.4 Å². The summed E-state index contributed by atoms with van der Waals surface area (Å²) < 4.78 is 0. The first-order valence-electron chi connectivity index (χ1n) is 6.04. The summed E-state index contributed by atoms with van der Waals surface area (Å²) in [5.74, 6) is 0.927. The number of benzene rings is 1. The standard InChI is InChI=1S/C13H17N3.ClH/c1-2-10(3-1)7-14-8-11-4-5-12-9-15-16-13(12)6-11;/h4-6,9-10,14H,1-3,7-8H2,(H,15,16);1H. The molecular weight excluding hydrogens is 234 g/mol. The van der Waals surface area contributed by atoms with E-state index in [1.165, 1.54) is 36.8 Å². The zero-order valence-electron chi connectivity index (χ0n) is 9.78. The highest BCUT2D eigenvalue weighted by atomic mass is 35.5. The van der Waals surface area contributed by atoms with Crippen LogP contribution in [-0.4, -0.2) is 16.7 Å². The average Bonchev–Trinajstić information content (AvgIpc) is 2.68. The van der Waals surface area contributed by atoms with Gasteiger partial charge in [-0.25, -0.2) is 0 Å². The first kappa shape index (κ1) is 12.4. The second kappa shape index (κ2) is 5.52. The molecule has 1 aromatic carbocycles. The van der Waals surface area contributed by atoms with Crippen molar-refractivity contribution in [1.29, 1.82) is 0 Å². The molecule has 1 aliphatic carbocycles. The van der Waals surface area contributed by atoms with E-state index in [0.29, 0.717) is 0 Å². The van der Waals surface area contributed by atoms with Crippen LogP contribution in [0.5, 0.6) is 0 Å². The van der Waals surface area contributed by atoms with Crippen molar-refractivity contribution >= 4 is 23.3 Å². The van der Waals surface area contributed by atoms with Gasteiger partial charge in [-0.15, -0.1) is 12.4 Å². The van der Waals surface area contributed by atoms with Crippen LogP contribution in [-0.2, 0) is 6.54 Å². The molecule has 1 fully saturated rings. The Balaban J connectivity index is 0.00000108. The van der Waals surface area contributed by atoms with Gasteiger partial charge in [-0.1, -0.05) is 18.6 Å². The normalized spacial score (nSPS) is 15.5. The summed E-state index contributed by atoms with van der Waals surface area (Å²) in [4.78, 5) is 0. The van der Waals surface area contributed by atoms with Crippen LogP contribution in [0.15, 0.2) is 24.4 Å². The van der Waals surface area contributed by atoms with Gasteiger partial charge in [0.1, 0.15) is 0 Å². The van der Waals surface area contributed by atoms with E-state index in [1.807, 2.05) is 6.20 Å². The second-order valence-corrected chi connectivity index (χ2v) is 4.72. The molecule has 17 heavy (non-hydrogen) atoms. The molecule has 92 valence electrons. The van der Waals surface area contributed by atoms with Gasteiger partial charge in [-0.2, -0.15) is 5.10 Å². The lowest BCUT2D eigenvalue weighted by molar-refractivity contribution is 0.301. The van der Waals surface area contributed by atoms with Gasteiger partial charge in [-0.3, -0.25) is 5.10 Å². The van der Waals surface area contributed by atoms with Crippen LogP contribution in [0, 0.1) is 5.92 Å². The zero-order valence-corrected chi connectivity index (χ0v) is 10.6. The number of aromatic nitrogens is 2. The maximum Gasteiger partial charge on any atom is 0.0653 e. The molecular formula is C13H18ClN3. The molecule has 0 radical (unpaired) electrons. The predicted molar refractivity (Wildman–Crippen MR) is 72.4 cm³/mol.